The summed E-state index contributed by atoms with van der Waals surface area (Å²) in [4.78, 5) is 17.7. The molecular formula is C22H27FN2O2. The van der Waals surface area contributed by atoms with Crippen molar-refractivity contribution in [3.05, 3.63) is 53.5 Å². The Hall–Kier alpha value is -2.43. The third-order valence-electron chi connectivity index (χ3n) is 5.34. The molecule has 1 N–H and O–H groups in total. The van der Waals surface area contributed by atoms with Crippen molar-refractivity contribution in [2.45, 2.75) is 57.8 Å². The summed E-state index contributed by atoms with van der Waals surface area (Å²) in [6.07, 6.45) is 5.58. The number of pyridine rings is 1. The molecule has 2 aromatic rings. The van der Waals surface area contributed by atoms with E-state index in [0.29, 0.717) is 18.2 Å². The van der Waals surface area contributed by atoms with E-state index in [4.69, 9.17) is 4.74 Å². The Morgan fingerprint density at radius 3 is 2.52 bits per heavy atom. The first-order chi connectivity index (χ1) is 13.0. The van der Waals surface area contributed by atoms with Crippen LogP contribution in [0, 0.1) is 12.7 Å². The van der Waals surface area contributed by atoms with Gasteiger partial charge in [0.2, 0.25) is 11.8 Å². The molecule has 144 valence electrons. The third-order valence-corrected chi connectivity index (χ3v) is 5.34. The van der Waals surface area contributed by atoms with Gasteiger partial charge in [-0.25, -0.2) is 9.37 Å². The van der Waals surface area contributed by atoms with Crippen LogP contribution in [-0.2, 0) is 10.2 Å². The number of nitrogens with zero attached hydrogens (tertiary/aromatic N) is 1. The molecule has 0 unspecified atom stereocenters. The number of benzene rings is 1. The number of amides is 1. The van der Waals surface area contributed by atoms with Crippen LogP contribution in [0.1, 0.15) is 56.7 Å². The quantitative estimate of drug-likeness (QED) is 0.685. The van der Waals surface area contributed by atoms with Crippen LogP contribution in [0.3, 0.4) is 0 Å². The topological polar surface area (TPSA) is 51.2 Å². The lowest BCUT2D eigenvalue weighted by atomic mass is 9.78. The highest BCUT2D eigenvalue weighted by molar-refractivity contribution is 5.99. The van der Waals surface area contributed by atoms with Gasteiger partial charge in [0.25, 0.3) is 0 Å². The highest BCUT2D eigenvalue weighted by atomic mass is 19.1. The maximum Gasteiger partial charge on any atom is 0.235 e. The van der Waals surface area contributed by atoms with Gasteiger partial charge in [-0.15, -0.1) is 0 Å². The fourth-order valence-corrected chi connectivity index (χ4v) is 3.71. The zero-order chi connectivity index (χ0) is 19.3. The van der Waals surface area contributed by atoms with Crippen LogP contribution in [-0.4, -0.2) is 17.5 Å². The summed E-state index contributed by atoms with van der Waals surface area (Å²) >= 11 is 0. The molecule has 0 radical (unpaired) electrons. The fraction of sp³-hybridized carbons (Fsp3) is 0.455. The van der Waals surface area contributed by atoms with Gasteiger partial charge in [0.15, 0.2) is 0 Å². The number of hydrogen-bond acceptors (Lipinski definition) is 3. The van der Waals surface area contributed by atoms with E-state index in [-0.39, 0.29) is 11.7 Å². The third kappa shape index (κ3) is 4.29. The van der Waals surface area contributed by atoms with Gasteiger partial charge in [-0.1, -0.05) is 38.3 Å². The second-order valence-electron chi connectivity index (χ2n) is 7.23. The van der Waals surface area contributed by atoms with Crippen molar-refractivity contribution in [2.24, 2.45) is 0 Å². The van der Waals surface area contributed by atoms with Crippen molar-refractivity contribution < 1.29 is 13.9 Å². The van der Waals surface area contributed by atoms with Crippen molar-refractivity contribution in [2.75, 3.05) is 11.9 Å². The number of hydrogen-bond donors (Lipinski definition) is 1. The molecule has 0 spiro atoms. The number of carbonyl (C=O) groups is 1. The van der Waals surface area contributed by atoms with E-state index in [2.05, 4.69) is 17.2 Å². The molecule has 1 amide bonds. The van der Waals surface area contributed by atoms with Gasteiger partial charge >= 0.3 is 0 Å². The van der Waals surface area contributed by atoms with E-state index in [1.54, 1.807) is 18.2 Å². The smallest absolute Gasteiger partial charge is 0.235 e. The zero-order valence-electron chi connectivity index (χ0n) is 16.1. The Kier molecular flexibility index (Phi) is 6.09. The zero-order valence-corrected chi connectivity index (χ0v) is 16.1. The molecule has 0 bridgehead atoms. The molecular weight excluding hydrogens is 343 g/mol. The normalized spacial score (nSPS) is 15.5. The Labute approximate surface area is 160 Å². The van der Waals surface area contributed by atoms with E-state index >= 15 is 0 Å². The number of unbranched alkanes of at least 4 members (excludes halogenated alkanes) is 1. The van der Waals surface area contributed by atoms with Gasteiger partial charge < -0.3 is 10.1 Å². The van der Waals surface area contributed by atoms with Crippen molar-refractivity contribution >= 4 is 11.6 Å². The number of anilines is 1. The maximum atomic E-state index is 13.3. The van der Waals surface area contributed by atoms with Crippen LogP contribution in [0.4, 0.5) is 10.1 Å². The Morgan fingerprint density at radius 1 is 1.19 bits per heavy atom. The van der Waals surface area contributed by atoms with Crippen LogP contribution >= 0.6 is 0 Å². The Bertz CT molecular complexity index is 783. The summed E-state index contributed by atoms with van der Waals surface area (Å²) in [6.45, 7) is 4.62. The highest BCUT2D eigenvalue weighted by Gasteiger charge is 2.42. The molecule has 0 aliphatic heterocycles. The first-order valence-electron chi connectivity index (χ1n) is 9.73. The van der Waals surface area contributed by atoms with Crippen LogP contribution in [0.5, 0.6) is 5.88 Å². The van der Waals surface area contributed by atoms with Gasteiger partial charge in [0.1, 0.15) is 5.82 Å². The molecule has 27 heavy (non-hydrogen) atoms. The van der Waals surface area contributed by atoms with E-state index in [1.807, 2.05) is 13.0 Å². The largest absolute Gasteiger partial charge is 0.478 e. The Balaban J connectivity index is 1.77. The molecule has 4 nitrogen and oxygen atoms in total. The predicted octanol–water partition coefficient (Wildman–Crippen LogP) is 5.16. The van der Waals surface area contributed by atoms with Crippen molar-refractivity contribution in [1.29, 1.82) is 0 Å². The summed E-state index contributed by atoms with van der Waals surface area (Å²) in [6, 6.07) is 9.95. The molecule has 1 heterocycles. The van der Waals surface area contributed by atoms with Gasteiger partial charge in [-0.05, 0) is 49.9 Å². The fourth-order valence-electron chi connectivity index (χ4n) is 3.71. The average molecular weight is 370 g/mol. The minimum atomic E-state index is -0.601. The molecule has 3 rings (SSSR count). The highest BCUT2D eigenvalue weighted by Crippen LogP contribution is 2.42. The van der Waals surface area contributed by atoms with Gasteiger partial charge in [0.05, 0.1) is 23.4 Å². The second kappa shape index (κ2) is 8.51. The van der Waals surface area contributed by atoms with Gasteiger partial charge in [-0.3, -0.25) is 4.79 Å². The summed E-state index contributed by atoms with van der Waals surface area (Å²) in [5, 5.41) is 3.05. The molecule has 1 aromatic carbocycles. The number of nitrogens with one attached hydrogen (secondary N) is 1. The monoisotopic (exact) mass is 370 g/mol. The standard InChI is InChI=1S/C22H27FN2O2/c1-3-4-15-27-20-12-11-19(16(2)24-20)25-21(26)22(13-5-6-14-22)17-7-9-18(23)10-8-17/h7-12H,3-6,13-15H2,1-2H3,(H,25,26). The first-order valence-corrected chi connectivity index (χ1v) is 9.73. The minimum Gasteiger partial charge on any atom is -0.478 e. The molecule has 1 saturated carbocycles. The number of carbonyl (C=O) groups excluding carboxylic acids is 1. The lowest BCUT2D eigenvalue weighted by Gasteiger charge is -2.28. The second-order valence-corrected chi connectivity index (χ2v) is 7.23. The van der Waals surface area contributed by atoms with Crippen molar-refractivity contribution in [3.8, 4) is 5.88 Å². The van der Waals surface area contributed by atoms with E-state index in [0.717, 1.165) is 49.8 Å². The number of ether oxygens (including phenoxy) is 1. The van der Waals surface area contributed by atoms with Crippen molar-refractivity contribution in [1.82, 2.24) is 4.98 Å². The van der Waals surface area contributed by atoms with Crippen LogP contribution < -0.4 is 10.1 Å². The van der Waals surface area contributed by atoms with Gasteiger partial charge in [0, 0.05) is 6.07 Å². The molecule has 1 aliphatic rings. The predicted molar refractivity (Wildman–Crippen MR) is 105 cm³/mol. The molecule has 0 atom stereocenters. The van der Waals surface area contributed by atoms with Gasteiger partial charge in [-0.2, -0.15) is 0 Å². The molecule has 5 heteroatoms. The average Bonchev–Trinajstić information content (AvgIpc) is 3.16. The number of halogens is 1. The SMILES string of the molecule is CCCCOc1ccc(NC(=O)C2(c3ccc(F)cc3)CCCC2)c(C)n1. The minimum absolute atomic E-state index is 0.0452. The van der Waals surface area contributed by atoms with Crippen molar-refractivity contribution in [3.63, 3.8) is 0 Å². The number of aromatic nitrogens is 1. The molecule has 1 fully saturated rings. The molecule has 1 aliphatic carbocycles. The van der Waals surface area contributed by atoms with E-state index in [9.17, 15) is 9.18 Å². The van der Waals surface area contributed by atoms with E-state index < -0.39 is 5.41 Å². The number of aryl methyl sites for hydroxylation is 1. The van der Waals surface area contributed by atoms with Crippen LogP contribution in [0.15, 0.2) is 36.4 Å². The summed E-state index contributed by atoms with van der Waals surface area (Å²) in [5.41, 5.74) is 1.70. The molecule has 0 saturated heterocycles. The lowest BCUT2D eigenvalue weighted by Crippen LogP contribution is -2.38. The summed E-state index contributed by atoms with van der Waals surface area (Å²) in [7, 11) is 0. The molecule has 1 aromatic heterocycles. The van der Waals surface area contributed by atoms with Crippen LogP contribution in [0.25, 0.3) is 0 Å². The number of rotatable bonds is 7. The summed E-state index contributed by atoms with van der Waals surface area (Å²) < 4.78 is 19.0. The summed E-state index contributed by atoms with van der Waals surface area (Å²) in [5.74, 6) is 0.246. The van der Waals surface area contributed by atoms with Crippen LogP contribution in [0.2, 0.25) is 0 Å². The first kappa shape index (κ1) is 19.3. The maximum absolute atomic E-state index is 13.3. The lowest BCUT2D eigenvalue weighted by molar-refractivity contribution is -0.121. The Morgan fingerprint density at radius 2 is 1.89 bits per heavy atom. The van der Waals surface area contributed by atoms with E-state index in [1.165, 1.54) is 12.1 Å².